The Morgan fingerprint density at radius 2 is 1.97 bits per heavy atom. The van der Waals surface area contributed by atoms with Crippen LogP contribution < -0.4 is 10.6 Å². The molecule has 0 bridgehead atoms. The third kappa shape index (κ3) is 4.98. The molecule has 3 aromatic rings. The topological polar surface area (TPSA) is 75.1 Å². The van der Waals surface area contributed by atoms with Gasteiger partial charge in [-0.25, -0.2) is 4.98 Å². The monoisotopic (exact) mass is 420 g/mol. The smallest absolute Gasteiger partial charge is 0.224 e. The van der Waals surface area contributed by atoms with Crippen LogP contribution in [0.2, 0.25) is 0 Å². The van der Waals surface area contributed by atoms with Crippen molar-refractivity contribution < 1.29 is 4.79 Å². The Labute approximate surface area is 183 Å². The van der Waals surface area contributed by atoms with Crippen LogP contribution in [0.1, 0.15) is 44.6 Å². The lowest BCUT2D eigenvalue weighted by Crippen LogP contribution is -2.35. The van der Waals surface area contributed by atoms with Crippen molar-refractivity contribution in [1.29, 1.82) is 0 Å². The summed E-state index contributed by atoms with van der Waals surface area (Å²) >= 11 is 0. The first-order valence-corrected chi connectivity index (χ1v) is 11.4. The van der Waals surface area contributed by atoms with Crippen LogP contribution >= 0.6 is 0 Å². The van der Waals surface area contributed by atoms with Crippen molar-refractivity contribution in [2.24, 2.45) is 0 Å². The number of piperidine rings is 1. The summed E-state index contributed by atoms with van der Waals surface area (Å²) < 4.78 is 2.10. The minimum absolute atomic E-state index is 0.279. The summed E-state index contributed by atoms with van der Waals surface area (Å²) in [4.78, 5) is 23.7. The maximum Gasteiger partial charge on any atom is 0.224 e. The van der Waals surface area contributed by atoms with Gasteiger partial charge in [0.05, 0.1) is 5.52 Å². The van der Waals surface area contributed by atoms with E-state index in [-0.39, 0.29) is 5.91 Å². The summed E-state index contributed by atoms with van der Waals surface area (Å²) in [5.41, 5.74) is 3.11. The van der Waals surface area contributed by atoms with E-state index in [1.165, 1.54) is 12.0 Å². The Morgan fingerprint density at radius 1 is 1.13 bits per heavy atom. The Hall–Kier alpha value is -3.09. The molecule has 164 valence electrons. The van der Waals surface area contributed by atoms with Gasteiger partial charge in [0, 0.05) is 56.6 Å². The predicted octanol–water partition coefficient (Wildman–Crippen LogP) is 4.23. The van der Waals surface area contributed by atoms with Gasteiger partial charge in [0.15, 0.2) is 0 Å². The molecule has 4 rings (SSSR count). The number of hydrogen-bond donors (Lipinski definition) is 2. The van der Waals surface area contributed by atoms with Crippen molar-refractivity contribution in [2.75, 3.05) is 37.3 Å². The number of hydrogen-bond acceptors (Lipinski definition) is 5. The lowest BCUT2D eigenvalue weighted by molar-refractivity contribution is -0.132. The molecule has 1 fully saturated rings. The number of fused-ring (bicyclic) bond motifs is 1. The number of aromatic nitrogens is 3. The number of carbonyl (C=O) groups is 1. The maximum atomic E-state index is 12.5. The van der Waals surface area contributed by atoms with E-state index in [0.717, 1.165) is 67.7 Å². The lowest BCUT2D eigenvalue weighted by atomic mass is 10.1. The quantitative estimate of drug-likeness (QED) is 0.570. The SMILES string of the molecule is CCCNc1nc(NC)nc2cc(-n3ccc(CCC(=O)N4CCCCC4)c3)ccc12. The van der Waals surface area contributed by atoms with E-state index < -0.39 is 0 Å². The van der Waals surface area contributed by atoms with E-state index in [2.05, 4.69) is 68.8 Å². The van der Waals surface area contributed by atoms with Gasteiger partial charge >= 0.3 is 0 Å². The van der Waals surface area contributed by atoms with Gasteiger partial charge in [-0.15, -0.1) is 0 Å². The fraction of sp³-hybridized carbons (Fsp3) is 0.458. The molecule has 0 unspecified atom stereocenters. The van der Waals surface area contributed by atoms with Crippen LogP contribution in [0.4, 0.5) is 11.8 Å². The van der Waals surface area contributed by atoms with E-state index in [9.17, 15) is 4.79 Å². The molecule has 1 amide bonds. The van der Waals surface area contributed by atoms with E-state index in [4.69, 9.17) is 0 Å². The predicted molar refractivity (Wildman–Crippen MR) is 126 cm³/mol. The van der Waals surface area contributed by atoms with Crippen molar-refractivity contribution in [1.82, 2.24) is 19.4 Å². The molecule has 1 saturated heterocycles. The highest BCUT2D eigenvalue weighted by molar-refractivity contribution is 5.91. The number of benzene rings is 1. The second-order valence-corrected chi connectivity index (χ2v) is 8.14. The van der Waals surface area contributed by atoms with Gasteiger partial charge < -0.3 is 20.1 Å². The molecule has 1 aliphatic rings. The van der Waals surface area contributed by atoms with Gasteiger partial charge in [-0.05, 0) is 61.9 Å². The summed E-state index contributed by atoms with van der Waals surface area (Å²) in [7, 11) is 1.83. The van der Waals surface area contributed by atoms with E-state index in [1.807, 2.05) is 11.9 Å². The number of anilines is 2. The standard InChI is InChI=1S/C24H32N6O/c1-3-12-26-23-20-9-8-19(16-21(20)27-24(25-2)28-23)30-15-11-18(17-30)7-10-22(31)29-13-5-4-6-14-29/h8-9,11,15-17H,3-7,10,12-14H2,1-2H3,(H2,25,26,27,28). The van der Waals surface area contributed by atoms with Crippen molar-refractivity contribution in [2.45, 2.75) is 45.4 Å². The van der Waals surface area contributed by atoms with Crippen LogP contribution in [0.3, 0.4) is 0 Å². The molecular weight excluding hydrogens is 388 g/mol. The van der Waals surface area contributed by atoms with Crippen LogP contribution in [0.15, 0.2) is 36.7 Å². The molecule has 0 spiro atoms. The van der Waals surface area contributed by atoms with Crippen LogP contribution in [-0.2, 0) is 11.2 Å². The number of nitrogens with one attached hydrogen (secondary N) is 2. The fourth-order valence-electron chi connectivity index (χ4n) is 4.07. The normalized spacial score (nSPS) is 14.1. The number of likely N-dealkylation sites (tertiary alicyclic amines) is 1. The second-order valence-electron chi connectivity index (χ2n) is 8.14. The maximum absolute atomic E-state index is 12.5. The number of nitrogens with zero attached hydrogens (tertiary/aromatic N) is 4. The van der Waals surface area contributed by atoms with Gasteiger partial charge in [-0.3, -0.25) is 4.79 Å². The molecule has 31 heavy (non-hydrogen) atoms. The second kappa shape index (κ2) is 9.81. The van der Waals surface area contributed by atoms with E-state index in [0.29, 0.717) is 12.4 Å². The van der Waals surface area contributed by atoms with Crippen molar-refractivity contribution in [3.8, 4) is 5.69 Å². The number of aryl methyl sites for hydroxylation is 1. The molecule has 3 heterocycles. The van der Waals surface area contributed by atoms with Crippen molar-refractivity contribution >= 4 is 28.6 Å². The molecule has 2 N–H and O–H groups in total. The zero-order chi connectivity index (χ0) is 21.6. The average Bonchev–Trinajstić information content (AvgIpc) is 3.30. The molecular formula is C24H32N6O. The van der Waals surface area contributed by atoms with Crippen LogP contribution in [0.25, 0.3) is 16.6 Å². The summed E-state index contributed by atoms with van der Waals surface area (Å²) in [6.07, 6.45) is 10.1. The largest absolute Gasteiger partial charge is 0.369 e. The summed E-state index contributed by atoms with van der Waals surface area (Å²) in [6.45, 7) is 4.84. The Morgan fingerprint density at radius 3 is 2.74 bits per heavy atom. The van der Waals surface area contributed by atoms with Gasteiger partial charge in [-0.2, -0.15) is 4.98 Å². The number of amides is 1. The molecule has 0 atom stereocenters. The van der Waals surface area contributed by atoms with Crippen LogP contribution in [-0.4, -0.2) is 52.0 Å². The van der Waals surface area contributed by atoms with Crippen molar-refractivity contribution in [3.63, 3.8) is 0 Å². The molecule has 0 radical (unpaired) electrons. The Kier molecular flexibility index (Phi) is 6.70. The molecule has 7 heteroatoms. The molecule has 2 aromatic heterocycles. The fourth-order valence-corrected chi connectivity index (χ4v) is 4.07. The third-order valence-corrected chi connectivity index (χ3v) is 5.84. The van der Waals surface area contributed by atoms with Gasteiger partial charge in [0.1, 0.15) is 5.82 Å². The van der Waals surface area contributed by atoms with Gasteiger partial charge in [-0.1, -0.05) is 6.92 Å². The number of carbonyl (C=O) groups excluding carboxylic acids is 1. The molecule has 7 nitrogen and oxygen atoms in total. The summed E-state index contributed by atoms with van der Waals surface area (Å²) in [6, 6.07) is 8.34. The Balaban J connectivity index is 1.49. The first-order valence-electron chi connectivity index (χ1n) is 11.4. The number of rotatable bonds is 8. The van der Waals surface area contributed by atoms with Crippen LogP contribution in [0.5, 0.6) is 0 Å². The Bertz CT molecular complexity index is 1040. The molecule has 0 aliphatic carbocycles. The molecule has 1 aliphatic heterocycles. The summed E-state index contributed by atoms with van der Waals surface area (Å²) in [5.74, 6) is 1.74. The van der Waals surface area contributed by atoms with Crippen molar-refractivity contribution in [3.05, 3.63) is 42.2 Å². The molecule has 0 saturated carbocycles. The minimum atomic E-state index is 0.279. The lowest BCUT2D eigenvalue weighted by Gasteiger charge is -2.26. The highest BCUT2D eigenvalue weighted by Gasteiger charge is 2.16. The van der Waals surface area contributed by atoms with Crippen LogP contribution in [0, 0.1) is 0 Å². The van der Waals surface area contributed by atoms with E-state index in [1.54, 1.807) is 0 Å². The highest BCUT2D eigenvalue weighted by atomic mass is 16.2. The average molecular weight is 421 g/mol. The minimum Gasteiger partial charge on any atom is -0.369 e. The van der Waals surface area contributed by atoms with E-state index >= 15 is 0 Å². The zero-order valence-corrected chi connectivity index (χ0v) is 18.5. The molecule has 1 aromatic carbocycles. The zero-order valence-electron chi connectivity index (χ0n) is 18.5. The summed E-state index contributed by atoms with van der Waals surface area (Å²) in [5, 5.41) is 7.45. The first-order chi connectivity index (χ1) is 15.2. The first kappa shape index (κ1) is 21.2. The van der Waals surface area contributed by atoms with Gasteiger partial charge in [0.25, 0.3) is 0 Å². The third-order valence-electron chi connectivity index (χ3n) is 5.84. The van der Waals surface area contributed by atoms with Gasteiger partial charge in [0.2, 0.25) is 11.9 Å². The highest BCUT2D eigenvalue weighted by Crippen LogP contribution is 2.25.